The molecule has 6 nitrogen and oxygen atoms in total. The molecule has 1 unspecified atom stereocenters. The van der Waals surface area contributed by atoms with E-state index < -0.39 is 6.10 Å². The fourth-order valence-corrected chi connectivity index (χ4v) is 8.89. The summed E-state index contributed by atoms with van der Waals surface area (Å²) in [6, 6.07) is 0. The second-order valence-corrected chi connectivity index (χ2v) is 20.2. The molecule has 0 rings (SSSR count). The minimum atomic E-state index is -0.760. The summed E-state index contributed by atoms with van der Waals surface area (Å²) in [7, 11) is 0. The van der Waals surface area contributed by atoms with E-state index in [0.29, 0.717) is 19.3 Å². The van der Waals surface area contributed by atoms with Crippen LogP contribution in [0.1, 0.15) is 329 Å². The van der Waals surface area contributed by atoms with E-state index in [0.717, 1.165) is 63.7 Å². The van der Waals surface area contributed by atoms with Crippen LogP contribution < -0.4 is 0 Å². The fraction of sp³-hybridized carbons (Fsp3) is 0.948. The molecule has 0 aromatic heterocycles. The fourth-order valence-electron chi connectivity index (χ4n) is 8.89. The molecule has 0 N–H and O–H groups in total. The summed E-state index contributed by atoms with van der Waals surface area (Å²) in [6.45, 7) is 9.09. The van der Waals surface area contributed by atoms with Gasteiger partial charge in [-0.3, -0.25) is 14.4 Å². The van der Waals surface area contributed by atoms with Crippen molar-refractivity contribution in [2.45, 2.75) is 336 Å². The molecule has 0 amide bonds. The zero-order chi connectivity index (χ0) is 46.7. The molecule has 2 atom stereocenters. The Kier molecular flexibility index (Phi) is 51.1. The standard InChI is InChI=1S/C58H112O6/c1-5-8-10-12-14-16-18-19-27-31-35-39-43-47-51-58(61)64-55(52-62-56(59)49-45-41-37-33-17-15-13-11-9-6-2)53-63-57(60)50-46-42-38-34-30-28-25-23-21-20-22-24-26-29-32-36-40-44-48-54(4)7-3/h54-55H,5-53H2,1-4H3/t54?,55-/m0/s1. The van der Waals surface area contributed by atoms with Crippen LogP contribution in [0.25, 0.3) is 0 Å². The van der Waals surface area contributed by atoms with Gasteiger partial charge in [0.2, 0.25) is 0 Å². The van der Waals surface area contributed by atoms with Crippen LogP contribution in [-0.4, -0.2) is 37.2 Å². The lowest BCUT2D eigenvalue weighted by Crippen LogP contribution is -2.30. The Morgan fingerprint density at radius 3 is 0.812 bits per heavy atom. The van der Waals surface area contributed by atoms with Crippen LogP contribution >= 0.6 is 0 Å². The van der Waals surface area contributed by atoms with Crippen LogP contribution in [0.3, 0.4) is 0 Å². The molecule has 0 bridgehead atoms. The third kappa shape index (κ3) is 49.8. The number of carbonyl (C=O) groups excluding carboxylic acids is 3. The summed E-state index contributed by atoms with van der Waals surface area (Å²) in [5.74, 6) is 0.0720. The zero-order valence-electron chi connectivity index (χ0n) is 43.8. The first-order valence-electron chi connectivity index (χ1n) is 28.9. The number of rotatable bonds is 53. The molecule has 0 aromatic carbocycles. The van der Waals surface area contributed by atoms with Crippen molar-refractivity contribution in [2.24, 2.45) is 5.92 Å². The summed E-state index contributed by atoms with van der Waals surface area (Å²) < 4.78 is 16.8. The van der Waals surface area contributed by atoms with E-state index in [1.165, 1.54) is 225 Å². The van der Waals surface area contributed by atoms with Crippen molar-refractivity contribution < 1.29 is 28.6 Å². The minimum Gasteiger partial charge on any atom is -0.462 e. The van der Waals surface area contributed by atoms with Gasteiger partial charge in [-0.1, -0.05) is 291 Å². The van der Waals surface area contributed by atoms with E-state index in [2.05, 4.69) is 27.7 Å². The van der Waals surface area contributed by atoms with Gasteiger partial charge in [-0.05, 0) is 25.2 Å². The normalized spacial score (nSPS) is 12.4. The van der Waals surface area contributed by atoms with E-state index in [9.17, 15) is 14.4 Å². The molecule has 0 spiro atoms. The largest absolute Gasteiger partial charge is 0.462 e. The van der Waals surface area contributed by atoms with Gasteiger partial charge in [0, 0.05) is 19.3 Å². The van der Waals surface area contributed by atoms with Crippen LogP contribution in [0.15, 0.2) is 0 Å². The summed E-state index contributed by atoms with van der Waals surface area (Å²) in [6.07, 6.45) is 56.6. The summed E-state index contributed by atoms with van der Waals surface area (Å²) in [5.41, 5.74) is 0. The van der Waals surface area contributed by atoms with E-state index in [-0.39, 0.29) is 31.1 Å². The van der Waals surface area contributed by atoms with E-state index in [1.807, 2.05) is 0 Å². The smallest absolute Gasteiger partial charge is 0.306 e. The van der Waals surface area contributed by atoms with Gasteiger partial charge >= 0.3 is 17.9 Å². The predicted octanol–water partition coefficient (Wildman–Crippen LogP) is 19.0. The molecule has 0 heterocycles. The Balaban J connectivity index is 4.18. The maximum atomic E-state index is 12.8. The lowest BCUT2D eigenvalue weighted by molar-refractivity contribution is -0.167. The number of unbranched alkanes of at least 4 members (excludes halogenated alkanes) is 39. The Morgan fingerprint density at radius 1 is 0.312 bits per heavy atom. The first-order valence-corrected chi connectivity index (χ1v) is 28.9. The monoisotopic (exact) mass is 905 g/mol. The van der Waals surface area contributed by atoms with Gasteiger partial charge in [0.25, 0.3) is 0 Å². The van der Waals surface area contributed by atoms with Gasteiger partial charge in [-0.25, -0.2) is 0 Å². The molecule has 0 fully saturated rings. The Labute approximate surface area is 399 Å². The van der Waals surface area contributed by atoms with Crippen molar-refractivity contribution in [1.29, 1.82) is 0 Å². The van der Waals surface area contributed by atoms with E-state index in [1.54, 1.807) is 0 Å². The maximum absolute atomic E-state index is 12.8. The molecule has 0 saturated carbocycles. The van der Waals surface area contributed by atoms with Crippen molar-refractivity contribution in [1.82, 2.24) is 0 Å². The lowest BCUT2D eigenvalue weighted by Gasteiger charge is -2.18. The number of esters is 3. The van der Waals surface area contributed by atoms with Gasteiger partial charge in [0.1, 0.15) is 13.2 Å². The van der Waals surface area contributed by atoms with E-state index in [4.69, 9.17) is 14.2 Å². The zero-order valence-corrected chi connectivity index (χ0v) is 43.8. The van der Waals surface area contributed by atoms with Gasteiger partial charge in [0.05, 0.1) is 0 Å². The molecule has 0 aliphatic carbocycles. The second kappa shape index (κ2) is 52.4. The molecule has 0 aliphatic rings. The maximum Gasteiger partial charge on any atom is 0.306 e. The molecular weight excluding hydrogens is 793 g/mol. The van der Waals surface area contributed by atoms with Crippen molar-refractivity contribution >= 4 is 17.9 Å². The first-order chi connectivity index (χ1) is 31.4. The van der Waals surface area contributed by atoms with Crippen LogP contribution in [0.5, 0.6) is 0 Å². The highest BCUT2D eigenvalue weighted by atomic mass is 16.6. The van der Waals surface area contributed by atoms with Crippen LogP contribution in [0, 0.1) is 5.92 Å². The Bertz CT molecular complexity index is 966. The van der Waals surface area contributed by atoms with Crippen LogP contribution in [-0.2, 0) is 28.6 Å². The van der Waals surface area contributed by atoms with Crippen molar-refractivity contribution in [3.8, 4) is 0 Å². The van der Waals surface area contributed by atoms with Crippen molar-refractivity contribution in [2.75, 3.05) is 13.2 Å². The quantitative estimate of drug-likeness (QED) is 0.0344. The van der Waals surface area contributed by atoms with Gasteiger partial charge < -0.3 is 14.2 Å². The lowest BCUT2D eigenvalue weighted by atomic mass is 9.99. The molecule has 0 aromatic rings. The van der Waals surface area contributed by atoms with Gasteiger partial charge in [-0.15, -0.1) is 0 Å². The van der Waals surface area contributed by atoms with Crippen molar-refractivity contribution in [3.05, 3.63) is 0 Å². The third-order valence-electron chi connectivity index (χ3n) is 13.7. The third-order valence-corrected chi connectivity index (χ3v) is 13.7. The molecule has 380 valence electrons. The topological polar surface area (TPSA) is 78.9 Å². The number of hydrogen-bond acceptors (Lipinski definition) is 6. The average molecular weight is 906 g/mol. The second-order valence-electron chi connectivity index (χ2n) is 20.2. The van der Waals surface area contributed by atoms with Crippen molar-refractivity contribution in [3.63, 3.8) is 0 Å². The molecule has 64 heavy (non-hydrogen) atoms. The van der Waals surface area contributed by atoms with Gasteiger partial charge in [-0.2, -0.15) is 0 Å². The highest BCUT2D eigenvalue weighted by molar-refractivity contribution is 5.71. The minimum absolute atomic E-state index is 0.0619. The predicted molar refractivity (Wildman–Crippen MR) is 275 cm³/mol. The molecule has 0 radical (unpaired) electrons. The Morgan fingerprint density at radius 2 is 0.547 bits per heavy atom. The molecule has 6 heteroatoms. The SMILES string of the molecule is CCCCCCCCCCCCCCCCC(=O)O[C@@H](COC(=O)CCCCCCCCCCCC)COC(=O)CCCCCCCCCCCCCCCCCCCCC(C)CC. The van der Waals surface area contributed by atoms with Crippen LogP contribution in [0.2, 0.25) is 0 Å². The molecular formula is C58H112O6. The molecule has 0 saturated heterocycles. The summed E-state index contributed by atoms with van der Waals surface area (Å²) >= 11 is 0. The Hall–Kier alpha value is -1.59. The first kappa shape index (κ1) is 62.4. The van der Waals surface area contributed by atoms with Gasteiger partial charge in [0.15, 0.2) is 6.10 Å². The van der Waals surface area contributed by atoms with Crippen LogP contribution in [0.4, 0.5) is 0 Å². The highest BCUT2D eigenvalue weighted by Crippen LogP contribution is 2.18. The molecule has 0 aliphatic heterocycles. The summed E-state index contributed by atoms with van der Waals surface area (Å²) in [5, 5.41) is 0. The number of ether oxygens (including phenoxy) is 3. The number of hydrogen-bond donors (Lipinski definition) is 0. The van der Waals surface area contributed by atoms with E-state index >= 15 is 0 Å². The average Bonchev–Trinajstić information content (AvgIpc) is 3.29. The summed E-state index contributed by atoms with van der Waals surface area (Å²) in [4.78, 5) is 38.0. The number of carbonyl (C=O) groups is 3. The highest BCUT2D eigenvalue weighted by Gasteiger charge is 2.19.